The zero-order chi connectivity index (χ0) is 15.0. The molecule has 0 saturated carbocycles. The van der Waals surface area contributed by atoms with E-state index in [1.807, 2.05) is 6.07 Å². The minimum absolute atomic E-state index is 0.0444. The molecule has 0 fully saturated rings. The molecule has 0 atom stereocenters. The van der Waals surface area contributed by atoms with E-state index in [-0.39, 0.29) is 12.1 Å². The second kappa shape index (κ2) is 5.09. The third kappa shape index (κ3) is 2.42. The van der Waals surface area contributed by atoms with Gasteiger partial charge in [-0.2, -0.15) is 0 Å². The fourth-order valence-corrected chi connectivity index (χ4v) is 2.28. The van der Waals surface area contributed by atoms with E-state index in [9.17, 15) is 18.0 Å². The molecule has 1 heterocycles. The van der Waals surface area contributed by atoms with Gasteiger partial charge >= 0.3 is 0 Å². The maximum Gasteiger partial charge on any atom is 0.161 e. The molecule has 2 aromatic carbocycles. The molecule has 3 aromatic rings. The average Bonchev–Trinajstić information content (AvgIpc) is 2.87. The highest BCUT2D eigenvalue weighted by molar-refractivity contribution is 5.87. The number of carbonyl (C=O) groups excluding carboxylic acids is 1. The van der Waals surface area contributed by atoms with E-state index in [0.29, 0.717) is 11.6 Å². The Morgan fingerprint density at radius 3 is 2.48 bits per heavy atom. The molecule has 0 amide bonds. The van der Waals surface area contributed by atoms with Gasteiger partial charge in [0.2, 0.25) is 0 Å². The summed E-state index contributed by atoms with van der Waals surface area (Å²) in [4.78, 5) is 10.8. The zero-order valence-corrected chi connectivity index (χ0v) is 10.8. The summed E-state index contributed by atoms with van der Waals surface area (Å²) in [6, 6.07) is 8.31. The summed E-state index contributed by atoms with van der Waals surface area (Å²) in [7, 11) is 0. The Labute approximate surface area is 118 Å². The van der Waals surface area contributed by atoms with Gasteiger partial charge in [-0.15, -0.1) is 0 Å². The Morgan fingerprint density at radius 2 is 1.71 bits per heavy atom. The summed E-state index contributed by atoms with van der Waals surface area (Å²) in [6.07, 6.45) is 2.43. The summed E-state index contributed by atoms with van der Waals surface area (Å²) < 4.78 is 41.5. The molecule has 0 N–H and O–H groups in total. The van der Waals surface area contributed by atoms with Gasteiger partial charge < -0.3 is 4.57 Å². The summed E-state index contributed by atoms with van der Waals surface area (Å²) in [5.41, 5.74) is 1.26. The highest BCUT2D eigenvalue weighted by Crippen LogP contribution is 2.20. The zero-order valence-electron chi connectivity index (χ0n) is 10.8. The van der Waals surface area contributed by atoms with Crippen LogP contribution in [-0.4, -0.2) is 10.9 Å². The van der Waals surface area contributed by atoms with Crippen LogP contribution in [0.15, 0.2) is 42.6 Å². The Bertz CT molecular complexity index is 839. The van der Waals surface area contributed by atoms with Gasteiger partial charge in [-0.3, -0.25) is 4.79 Å². The van der Waals surface area contributed by atoms with Gasteiger partial charge in [-0.05, 0) is 23.6 Å². The monoisotopic (exact) mass is 289 g/mol. The van der Waals surface area contributed by atoms with Crippen molar-refractivity contribution in [1.29, 1.82) is 0 Å². The SMILES string of the molecule is O=Cc1ccc2ccn(Cc3cc(F)c(F)cc3F)c2c1. The fraction of sp³-hybridized carbons (Fsp3) is 0.0625. The molecule has 5 heteroatoms. The topological polar surface area (TPSA) is 22.0 Å². The Balaban J connectivity index is 2.06. The van der Waals surface area contributed by atoms with E-state index in [1.165, 1.54) is 0 Å². The normalized spacial score (nSPS) is 11.0. The van der Waals surface area contributed by atoms with Crippen LogP contribution in [0.1, 0.15) is 15.9 Å². The summed E-state index contributed by atoms with van der Waals surface area (Å²) >= 11 is 0. The summed E-state index contributed by atoms with van der Waals surface area (Å²) in [5.74, 6) is -3.10. The fourth-order valence-electron chi connectivity index (χ4n) is 2.28. The van der Waals surface area contributed by atoms with Crippen molar-refractivity contribution < 1.29 is 18.0 Å². The van der Waals surface area contributed by atoms with Gasteiger partial charge in [0.25, 0.3) is 0 Å². The molecule has 0 radical (unpaired) electrons. The van der Waals surface area contributed by atoms with Gasteiger partial charge in [-0.1, -0.05) is 12.1 Å². The van der Waals surface area contributed by atoms with Crippen molar-refractivity contribution in [2.45, 2.75) is 6.54 Å². The molecule has 0 unspecified atom stereocenters. The molecule has 0 spiro atoms. The number of aldehydes is 1. The number of aromatic nitrogens is 1. The number of hydrogen-bond acceptors (Lipinski definition) is 1. The van der Waals surface area contributed by atoms with Crippen LogP contribution in [0.3, 0.4) is 0 Å². The van der Waals surface area contributed by atoms with Crippen LogP contribution < -0.4 is 0 Å². The number of carbonyl (C=O) groups is 1. The first kappa shape index (κ1) is 13.4. The van der Waals surface area contributed by atoms with Crippen LogP contribution in [-0.2, 0) is 6.54 Å². The molecule has 21 heavy (non-hydrogen) atoms. The smallest absolute Gasteiger partial charge is 0.161 e. The summed E-state index contributed by atoms with van der Waals surface area (Å²) in [6.45, 7) is 0.0504. The second-order valence-electron chi connectivity index (χ2n) is 4.74. The predicted octanol–water partition coefficient (Wildman–Crippen LogP) is 3.92. The lowest BCUT2D eigenvalue weighted by Gasteiger charge is -2.08. The van der Waals surface area contributed by atoms with Crippen LogP contribution in [0.25, 0.3) is 10.9 Å². The van der Waals surface area contributed by atoms with Gasteiger partial charge in [0.1, 0.15) is 12.1 Å². The number of fused-ring (bicyclic) bond motifs is 1. The van der Waals surface area contributed by atoms with Gasteiger partial charge in [0.05, 0.1) is 6.54 Å². The number of benzene rings is 2. The van der Waals surface area contributed by atoms with Crippen molar-refractivity contribution in [1.82, 2.24) is 4.57 Å². The lowest BCUT2D eigenvalue weighted by Crippen LogP contribution is -2.03. The van der Waals surface area contributed by atoms with Gasteiger partial charge in [-0.25, -0.2) is 13.2 Å². The second-order valence-corrected chi connectivity index (χ2v) is 4.74. The number of rotatable bonds is 3. The lowest BCUT2D eigenvalue weighted by molar-refractivity contribution is 0.112. The summed E-state index contributed by atoms with van der Waals surface area (Å²) in [5, 5.41) is 0.878. The first-order chi connectivity index (χ1) is 10.1. The van der Waals surface area contributed by atoms with Gasteiger partial charge in [0, 0.05) is 28.9 Å². The Kier molecular flexibility index (Phi) is 3.25. The molecule has 0 saturated heterocycles. The van der Waals surface area contributed by atoms with Crippen LogP contribution in [0.4, 0.5) is 13.2 Å². The average molecular weight is 289 g/mol. The Hall–Kier alpha value is -2.56. The van der Waals surface area contributed by atoms with E-state index in [1.54, 1.807) is 29.0 Å². The highest BCUT2D eigenvalue weighted by atomic mass is 19.2. The van der Waals surface area contributed by atoms with Crippen molar-refractivity contribution in [3.8, 4) is 0 Å². The lowest BCUT2D eigenvalue weighted by atomic mass is 10.1. The first-order valence-corrected chi connectivity index (χ1v) is 6.26. The molecule has 3 rings (SSSR count). The molecule has 2 nitrogen and oxygen atoms in total. The van der Waals surface area contributed by atoms with Crippen LogP contribution in [0.2, 0.25) is 0 Å². The predicted molar refractivity (Wildman–Crippen MR) is 72.7 cm³/mol. The molecule has 0 aliphatic carbocycles. The van der Waals surface area contributed by atoms with E-state index < -0.39 is 17.5 Å². The first-order valence-electron chi connectivity index (χ1n) is 6.26. The van der Waals surface area contributed by atoms with E-state index in [2.05, 4.69) is 0 Å². The van der Waals surface area contributed by atoms with Crippen molar-refractivity contribution in [3.63, 3.8) is 0 Å². The van der Waals surface area contributed by atoms with Crippen molar-refractivity contribution in [2.75, 3.05) is 0 Å². The van der Waals surface area contributed by atoms with E-state index in [4.69, 9.17) is 0 Å². The largest absolute Gasteiger partial charge is 0.343 e. The van der Waals surface area contributed by atoms with Crippen molar-refractivity contribution in [2.24, 2.45) is 0 Å². The van der Waals surface area contributed by atoms with Crippen LogP contribution in [0, 0.1) is 17.5 Å². The third-order valence-electron chi connectivity index (χ3n) is 3.36. The standard InChI is InChI=1S/C16H10F3NO/c17-13-7-15(19)14(18)6-12(13)8-20-4-3-11-2-1-10(9-21)5-16(11)20/h1-7,9H,8H2. The van der Waals surface area contributed by atoms with Gasteiger partial charge in [0.15, 0.2) is 11.6 Å². The van der Waals surface area contributed by atoms with E-state index >= 15 is 0 Å². The van der Waals surface area contributed by atoms with Crippen LogP contribution in [0.5, 0.6) is 0 Å². The van der Waals surface area contributed by atoms with Crippen molar-refractivity contribution in [3.05, 3.63) is 71.2 Å². The third-order valence-corrected chi connectivity index (χ3v) is 3.36. The van der Waals surface area contributed by atoms with Crippen LogP contribution >= 0.6 is 0 Å². The molecule has 0 aliphatic rings. The quantitative estimate of drug-likeness (QED) is 0.529. The molecular weight excluding hydrogens is 279 g/mol. The maximum atomic E-state index is 13.7. The molecule has 106 valence electrons. The minimum atomic E-state index is -1.21. The molecular formula is C16H10F3NO. The number of nitrogens with zero attached hydrogens (tertiary/aromatic N) is 1. The highest BCUT2D eigenvalue weighted by Gasteiger charge is 2.11. The molecule has 0 aliphatic heterocycles. The molecule has 0 bridgehead atoms. The molecule has 1 aromatic heterocycles. The van der Waals surface area contributed by atoms with E-state index in [0.717, 1.165) is 23.3 Å². The number of halogens is 3. The van der Waals surface area contributed by atoms with Crippen molar-refractivity contribution >= 4 is 17.2 Å². The minimum Gasteiger partial charge on any atom is -0.343 e. The Morgan fingerprint density at radius 1 is 0.952 bits per heavy atom. The number of hydrogen-bond donors (Lipinski definition) is 0. The maximum absolute atomic E-state index is 13.7.